The summed E-state index contributed by atoms with van der Waals surface area (Å²) in [5.41, 5.74) is -0.118. The topological polar surface area (TPSA) is 114 Å². The lowest BCUT2D eigenvalue weighted by molar-refractivity contribution is -0.144. The molecule has 1 aromatic rings. The number of alkyl carbamates (subject to hydrolysis) is 1. The predicted octanol–water partition coefficient (Wildman–Crippen LogP) is 3.73. The third-order valence-electron chi connectivity index (χ3n) is 5.20. The molecule has 0 aliphatic rings. The van der Waals surface area contributed by atoms with Gasteiger partial charge in [-0.1, -0.05) is 62.9 Å². The Morgan fingerprint density at radius 1 is 1.00 bits per heavy atom. The molecule has 1 rings (SSSR count). The standard InChI is InChI=1S/C26H41N3O6/c1-7-8-9-10-14-17-29(24(32)19(2)28-25(33)35-26(3,4)5)22(20-15-12-11-13-16-20)23(31)27-18-21(30)34-6/h11-13,15-16,19,22H,7-10,14,17-18H2,1-6H3,(H,27,31)(H,28,33). The van der Waals surface area contributed by atoms with E-state index >= 15 is 0 Å². The van der Waals surface area contributed by atoms with Crippen molar-refractivity contribution in [1.29, 1.82) is 0 Å². The van der Waals surface area contributed by atoms with E-state index in [1.54, 1.807) is 52.0 Å². The van der Waals surface area contributed by atoms with Crippen LogP contribution < -0.4 is 10.6 Å². The van der Waals surface area contributed by atoms with E-state index in [9.17, 15) is 19.2 Å². The smallest absolute Gasteiger partial charge is 0.408 e. The third-order valence-corrected chi connectivity index (χ3v) is 5.20. The Morgan fingerprint density at radius 3 is 2.20 bits per heavy atom. The molecule has 2 unspecified atom stereocenters. The molecule has 9 heteroatoms. The summed E-state index contributed by atoms with van der Waals surface area (Å²) >= 11 is 0. The second-order valence-corrected chi connectivity index (χ2v) is 9.42. The van der Waals surface area contributed by atoms with Gasteiger partial charge in [-0.15, -0.1) is 0 Å². The maximum atomic E-state index is 13.6. The average molecular weight is 492 g/mol. The number of carbonyl (C=O) groups excluding carboxylic acids is 4. The lowest BCUT2D eigenvalue weighted by Gasteiger charge is -2.33. The fourth-order valence-electron chi connectivity index (χ4n) is 3.48. The highest BCUT2D eigenvalue weighted by Crippen LogP contribution is 2.23. The van der Waals surface area contributed by atoms with Crippen LogP contribution in [0.2, 0.25) is 0 Å². The van der Waals surface area contributed by atoms with Crippen molar-refractivity contribution in [3.05, 3.63) is 35.9 Å². The van der Waals surface area contributed by atoms with Gasteiger partial charge < -0.3 is 25.0 Å². The van der Waals surface area contributed by atoms with Crippen molar-refractivity contribution in [3.63, 3.8) is 0 Å². The molecule has 3 amide bonds. The number of rotatable bonds is 13. The van der Waals surface area contributed by atoms with E-state index < -0.39 is 41.6 Å². The fraction of sp³-hybridized carbons (Fsp3) is 0.615. The molecule has 0 aliphatic carbocycles. The number of unbranched alkanes of at least 4 members (excludes halogenated alkanes) is 4. The van der Waals surface area contributed by atoms with E-state index in [0.29, 0.717) is 18.5 Å². The Kier molecular flexibility index (Phi) is 12.8. The average Bonchev–Trinajstić information content (AvgIpc) is 2.80. The van der Waals surface area contributed by atoms with Crippen molar-refractivity contribution >= 4 is 23.9 Å². The summed E-state index contributed by atoms with van der Waals surface area (Å²) < 4.78 is 9.90. The minimum Gasteiger partial charge on any atom is -0.468 e. The number of nitrogens with one attached hydrogen (secondary N) is 2. The summed E-state index contributed by atoms with van der Waals surface area (Å²) in [5.74, 6) is -1.52. The van der Waals surface area contributed by atoms with Crippen LogP contribution in [0.5, 0.6) is 0 Å². The van der Waals surface area contributed by atoms with Crippen LogP contribution in [0.3, 0.4) is 0 Å². The number of amides is 3. The molecule has 0 aromatic heterocycles. The molecule has 1 aromatic carbocycles. The van der Waals surface area contributed by atoms with Gasteiger partial charge in [0.1, 0.15) is 24.2 Å². The first-order valence-electron chi connectivity index (χ1n) is 12.2. The highest BCUT2D eigenvalue weighted by Gasteiger charge is 2.34. The summed E-state index contributed by atoms with van der Waals surface area (Å²) in [6.07, 6.45) is 4.07. The van der Waals surface area contributed by atoms with Crippen LogP contribution in [0, 0.1) is 0 Å². The lowest BCUT2D eigenvalue weighted by atomic mass is 10.0. The number of hydrogen-bond acceptors (Lipinski definition) is 6. The van der Waals surface area contributed by atoms with Crippen LogP contribution in [0.15, 0.2) is 30.3 Å². The Hall–Kier alpha value is -3.10. The number of methoxy groups -OCH3 is 1. The van der Waals surface area contributed by atoms with Gasteiger partial charge in [-0.25, -0.2) is 4.79 Å². The Morgan fingerprint density at radius 2 is 1.63 bits per heavy atom. The molecule has 196 valence electrons. The van der Waals surface area contributed by atoms with E-state index in [2.05, 4.69) is 22.3 Å². The highest BCUT2D eigenvalue weighted by molar-refractivity contribution is 5.93. The molecule has 0 aliphatic heterocycles. The van der Waals surface area contributed by atoms with E-state index in [4.69, 9.17) is 4.74 Å². The zero-order valence-corrected chi connectivity index (χ0v) is 21.9. The first-order chi connectivity index (χ1) is 16.5. The summed E-state index contributed by atoms with van der Waals surface area (Å²) in [6, 6.07) is 6.97. The van der Waals surface area contributed by atoms with E-state index in [-0.39, 0.29) is 6.54 Å². The molecule has 9 nitrogen and oxygen atoms in total. The van der Waals surface area contributed by atoms with Crippen molar-refractivity contribution < 1.29 is 28.7 Å². The summed E-state index contributed by atoms with van der Waals surface area (Å²) in [6.45, 7) is 8.88. The van der Waals surface area contributed by atoms with Crippen LogP contribution in [-0.2, 0) is 23.9 Å². The van der Waals surface area contributed by atoms with Gasteiger partial charge in [0.2, 0.25) is 11.8 Å². The second kappa shape index (κ2) is 15.0. The van der Waals surface area contributed by atoms with Crippen LogP contribution in [-0.4, -0.2) is 60.6 Å². The molecule has 0 fully saturated rings. The summed E-state index contributed by atoms with van der Waals surface area (Å²) in [7, 11) is 1.24. The van der Waals surface area contributed by atoms with Crippen LogP contribution in [0.1, 0.15) is 78.3 Å². The van der Waals surface area contributed by atoms with E-state index in [1.807, 2.05) is 6.07 Å². The molecule has 0 spiro atoms. The van der Waals surface area contributed by atoms with Gasteiger partial charge >= 0.3 is 12.1 Å². The zero-order valence-electron chi connectivity index (χ0n) is 21.9. The summed E-state index contributed by atoms with van der Waals surface area (Å²) in [5, 5.41) is 5.14. The van der Waals surface area contributed by atoms with E-state index in [1.165, 1.54) is 12.0 Å². The second-order valence-electron chi connectivity index (χ2n) is 9.42. The minimum atomic E-state index is -0.984. The van der Waals surface area contributed by atoms with Crippen LogP contribution in [0.25, 0.3) is 0 Å². The molecule has 0 saturated carbocycles. The van der Waals surface area contributed by atoms with E-state index in [0.717, 1.165) is 25.7 Å². The van der Waals surface area contributed by atoms with Gasteiger partial charge in [0.05, 0.1) is 7.11 Å². The van der Waals surface area contributed by atoms with Gasteiger partial charge in [0.25, 0.3) is 0 Å². The number of ether oxygens (including phenoxy) is 2. The Balaban J connectivity index is 3.20. The van der Waals surface area contributed by atoms with Gasteiger partial charge in [-0.3, -0.25) is 14.4 Å². The molecule has 0 heterocycles. The van der Waals surface area contributed by atoms with Crippen molar-refractivity contribution in [3.8, 4) is 0 Å². The Bertz CT molecular complexity index is 822. The molecule has 0 saturated heterocycles. The number of carbonyl (C=O) groups is 4. The van der Waals surface area contributed by atoms with Crippen molar-refractivity contribution in [1.82, 2.24) is 15.5 Å². The molecule has 2 N–H and O–H groups in total. The highest BCUT2D eigenvalue weighted by atomic mass is 16.6. The maximum absolute atomic E-state index is 13.6. The number of hydrogen-bond donors (Lipinski definition) is 2. The number of benzene rings is 1. The lowest BCUT2D eigenvalue weighted by Crippen LogP contribution is -2.52. The van der Waals surface area contributed by atoms with Gasteiger partial charge in [0.15, 0.2) is 0 Å². The van der Waals surface area contributed by atoms with Crippen LogP contribution in [0.4, 0.5) is 4.79 Å². The first kappa shape index (κ1) is 29.9. The molecule has 2 atom stereocenters. The summed E-state index contributed by atoms with van der Waals surface area (Å²) in [4.78, 5) is 52.2. The largest absolute Gasteiger partial charge is 0.468 e. The van der Waals surface area contributed by atoms with Crippen molar-refractivity contribution in [2.24, 2.45) is 0 Å². The third kappa shape index (κ3) is 11.2. The zero-order chi connectivity index (χ0) is 26.4. The van der Waals surface area contributed by atoms with Gasteiger partial charge in [-0.05, 0) is 39.7 Å². The Labute approximate surface area is 208 Å². The molecule has 0 radical (unpaired) electrons. The molecule has 0 bridgehead atoms. The number of esters is 1. The fourth-order valence-corrected chi connectivity index (χ4v) is 3.48. The predicted molar refractivity (Wildman–Crippen MR) is 134 cm³/mol. The minimum absolute atomic E-state index is 0.314. The number of nitrogens with zero attached hydrogens (tertiary/aromatic N) is 1. The molecule has 35 heavy (non-hydrogen) atoms. The first-order valence-corrected chi connectivity index (χ1v) is 12.2. The monoisotopic (exact) mass is 491 g/mol. The van der Waals surface area contributed by atoms with Crippen LogP contribution >= 0.6 is 0 Å². The molecular weight excluding hydrogens is 450 g/mol. The maximum Gasteiger partial charge on any atom is 0.408 e. The van der Waals surface area contributed by atoms with Gasteiger partial charge in [-0.2, -0.15) is 0 Å². The van der Waals surface area contributed by atoms with Crippen molar-refractivity contribution in [2.45, 2.75) is 84.4 Å². The van der Waals surface area contributed by atoms with Gasteiger partial charge in [0, 0.05) is 6.54 Å². The van der Waals surface area contributed by atoms with Crippen molar-refractivity contribution in [2.75, 3.05) is 20.2 Å². The quantitative estimate of drug-likeness (QED) is 0.321. The normalized spacial score (nSPS) is 12.7. The SMILES string of the molecule is CCCCCCCN(C(=O)C(C)NC(=O)OC(C)(C)C)C(C(=O)NCC(=O)OC)c1ccccc1. The molecular formula is C26H41N3O6.